The van der Waals surface area contributed by atoms with Crippen LogP contribution >= 0.6 is 15.9 Å². The average Bonchev–Trinajstić information content (AvgIpc) is 2.30. The van der Waals surface area contributed by atoms with Gasteiger partial charge in [-0.15, -0.1) is 0 Å². The SMILES string of the molecule is CC1(C)CCCC(Nc2ccc(Br)cc2[N+](=O)[O-])C1. The summed E-state index contributed by atoms with van der Waals surface area (Å²) in [6.07, 6.45) is 4.54. The quantitative estimate of drug-likeness (QED) is 0.644. The minimum Gasteiger partial charge on any atom is -0.377 e. The second-order valence-corrected chi connectivity index (χ2v) is 6.94. The predicted octanol–water partition coefficient (Wildman–Crippen LogP) is 4.74. The Kier molecular flexibility index (Phi) is 4.13. The minimum absolute atomic E-state index is 0.137. The Morgan fingerprint density at radius 2 is 2.21 bits per heavy atom. The summed E-state index contributed by atoms with van der Waals surface area (Å²) in [5.74, 6) is 0. The van der Waals surface area contributed by atoms with Gasteiger partial charge in [-0.05, 0) is 36.8 Å². The molecule has 0 radical (unpaired) electrons. The number of anilines is 1. The van der Waals surface area contributed by atoms with Crippen LogP contribution in [0.4, 0.5) is 11.4 Å². The molecule has 0 bridgehead atoms. The molecule has 104 valence electrons. The second kappa shape index (κ2) is 5.49. The minimum atomic E-state index is -0.332. The zero-order valence-corrected chi connectivity index (χ0v) is 12.9. The Hall–Kier alpha value is -1.10. The number of halogens is 1. The van der Waals surface area contributed by atoms with E-state index in [0.717, 1.165) is 17.3 Å². The first-order valence-corrected chi connectivity index (χ1v) is 7.37. The maximum Gasteiger partial charge on any atom is 0.293 e. The highest BCUT2D eigenvalue weighted by Crippen LogP contribution is 2.37. The maximum absolute atomic E-state index is 11.1. The molecule has 19 heavy (non-hydrogen) atoms. The number of rotatable bonds is 3. The standard InChI is InChI=1S/C14H19BrN2O2/c1-14(2)7-3-4-11(9-14)16-12-6-5-10(15)8-13(12)17(18)19/h5-6,8,11,16H,3-4,7,9H2,1-2H3. The van der Waals surface area contributed by atoms with Crippen LogP contribution < -0.4 is 5.32 Å². The van der Waals surface area contributed by atoms with Crippen molar-refractivity contribution >= 4 is 27.3 Å². The van der Waals surface area contributed by atoms with E-state index >= 15 is 0 Å². The number of nitrogens with one attached hydrogen (secondary N) is 1. The van der Waals surface area contributed by atoms with Gasteiger partial charge in [-0.3, -0.25) is 10.1 Å². The van der Waals surface area contributed by atoms with Crippen molar-refractivity contribution in [2.75, 3.05) is 5.32 Å². The second-order valence-electron chi connectivity index (χ2n) is 6.02. The third-order valence-electron chi connectivity index (χ3n) is 3.72. The van der Waals surface area contributed by atoms with Crippen LogP contribution in [0.15, 0.2) is 22.7 Å². The van der Waals surface area contributed by atoms with Gasteiger partial charge in [0.1, 0.15) is 5.69 Å². The van der Waals surface area contributed by atoms with Crippen LogP contribution in [-0.2, 0) is 0 Å². The molecule has 1 N–H and O–H groups in total. The van der Waals surface area contributed by atoms with Gasteiger partial charge in [0.25, 0.3) is 5.69 Å². The Morgan fingerprint density at radius 1 is 1.47 bits per heavy atom. The van der Waals surface area contributed by atoms with Crippen LogP contribution in [-0.4, -0.2) is 11.0 Å². The highest BCUT2D eigenvalue weighted by molar-refractivity contribution is 9.10. The van der Waals surface area contributed by atoms with Crippen molar-refractivity contribution in [3.05, 3.63) is 32.8 Å². The Labute approximate surface area is 121 Å². The lowest BCUT2D eigenvalue weighted by atomic mass is 9.75. The Bertz CT molecular complexity index is 488. The molecule has 1 aromatic carbocycles. The normalized spacial score (nSPS) is 21.9. The van der Waals surface area contributed by atoms with Crippen LogP contribution in [0.5, 0.6) is 0 Å². The summed E-state index contributed by atoms with van der Waals surface area (Å²) < 4.78 is 0.730. The number of nitrogens with zero attached hydrogens (tertiary/aromatic N) is 1. The molecule has 1 unspecified atom stereocenters. The Morgan fingerprint density at radius 3 is 2.84 bits per heavy atom. The van der Waals surface area contributed by atoms with Crippen molar-refractivity contribution in [2.24, 2.45) is 5.41 Å². The molecule has 0 spiro atoms. The molecule has 1 aliphatic rings. The summed E-state index contributed by atoms with van der Waals surface area (Å²) >= 11 is 3.28. The smallest absolute Gasteiger partial charge is 0.293 e. The molecule has 2 rings (SSSR count). The predicted molar refractivity (Wildman–Crippen MR) is 80.5 cm³/mol. The number of nitro benzene ring substituents is 1. The van der Waals surface area contributed by atoms with Crippen molar-refractivity contribution < 1.29 is 4.92 Å². The molecule has 1 fully saturated rings. The summed E-state index contributed by atoms with van der Waals surface area (Å²) in [5, 5.41) is 14.4. The summed E-state index contributed by atoms with van der Waals surface area (Å²) in [7, 11) is 0. The summed E-state index contributed by atoms with van der Waals surface area (Å²) in [4.78, 5) is 10.8. The average molecular weight is 327 g/mol. The lowest BCUT2D eigenvalue weighted by molar-refractivity contribution is -0.384. The Balaban J connectivity index is 2.17. The van der Waals surface area contributed by atoms with E-state index < -0.39 is 0 Å². The molecular weight excluding hydrogens is 308 g/mol. The van der Waals surface area contributed by atoms with Crippen molar-refractivity contribution in [1.82, 2.24) is 0 Å². The summed E-state index contributed by atoms with van der Waals surface area (Å²) in [6.45, 7) is 4.52. The van der Waals surface area contributed by atoms with E-state index in [1.165, 1.54) is 12.8 Å². The first-order chi connectivity index (χ1) is 8.87. The van der Waals surface area contributed by atoms with Crippen molar-refractivity contribution in [1.29, 1.82) is 0 Å². The number of nitro groups is 1. The van der Waals surface area contributed by atoms with Crippen molar-refractivity contribution in [2.45, 2.75) is 45.6 Å². The molecule has 0 aliphatic heterocycles. The van der Waals surface area contributed by atoms with Gasteiger partial charge >= 0.3 is 0 Å². The number of benzene rings is 1. The van der Waals surface area contributed by atoms with Gasteiger partial charge < -0.3 is 5.32 Å². The third-order valence-corrected chi connectivity index (χ3v) is 4.21. The zero-order valence-electron chi connectivity index (χ0n) is 11.3. The highest BCUT2D eigenvalue weighted by Gasteiger charge is 2.29. The van der Waals surface area contributed by atoms with E-state index in [0.29, 0.717) is 17.1 Å². The molecule has 1 aromatic rings. The fourth-order valence-electron chi connectivity index (χ4n) is 2.82. The molecule has 1 saturated carbocycles. The molecule has 4 nitrogen and oxygen atoms in total. The monoisotopic (exact) mass is 326 g/mol. The van der Waals surface area contributed by atoms with Gasteiger partial charge in [-0.2, -0.15) is 0 Å². The molecule has 5 heteroatoms. The molecule has 0 aromatic heterocycles. The topological polar surface area (TPSA) is 55.2 Å². The van der Waals surface area contributed by atoms with Gasteiger partial charge in [-0.25, -0.2) is 0 Å². The molecule has 1 aliphatic carbocycles. The van der Waals surface area contributed by atoms with Gasteiger partial charge in [0, 0.05) is 16.6 Å². The molecule has 1 atom stereocenters. The summed E-state index contributed by atoms with van der Waals surface area (Å²) in [6, 6.07) is 5.49. The van der Waals surface area contributed by atoms with Crippen LogP contribution in [0.25, 0.3) is 0 Å². The van der Waals surface area contributed by atoms with Crippen LogP contribution in [0.2, 0.25) is 0 Å². The zero-order chi connectivity index (χ0) is 14.0. The molecule has 0 heterocycles. The first kappa shape index (κ1) is 14.3. The van der Waals surface area contributed by atoms with Gasteiger partial charge in [0.05, 0.1) is 4.92 Å². The lowest BCUT2D eigenvalue weighted by Gasteiger charge is -2.35. The van der Waals surface area contributed by atoms with Crippen LogP contribution in [0.3, 0.4) is 0 Å². The summed E-state index contributed by atoms with van der Waals surface area (Å²) in [5.41, 5.74) is 1.08. The third kappa shape index (κ3) is 3.69. The van der Waals surface area contributed by atoms with Crippen molar-refractivity contribution in [3.8, 4) is 0 Å². The molecule has 0 amide bonds. The van der Waals surface area contributed by atoms with Crippen LogP contribution in [0, 0.1) is 15.5 Å². The van der Waals surface area contributed by atoms with E-state index in [1.54, 1.807) is 12.1 Å². The van der Waals surface area contributed by atoms with E-state index in [-0.39, 0.29) is 10.6 Å². The van der Waals surface area contributed by atoms with E-state index in [9.17, 15) is 10.1 Å². The van der Waals surface area contributed by atoms with Crippen LogP contribution in [0.1, 0.15) is 39.5 Å². The molecule has 0 saturated heterocycles. The fraction of sp³-hybridized carbons (Fsp3) is 0.571. The van der Waals surface area contributed by atoms with Gasteiger partial charge in [-0.1, -0.05) is 36.2 Å². The maximum atomic E-state index is 11.1. The van der Waals surface area contributed by atoms with E-state index in [4.69, 9.17) is 0 Å². The van der Waals surface area contributed by atoms with E-state index in [2.05, 4.69) is 35.1 Å². The number of hydrogen-bond donors (Lipinski definition) is 1. The largest absolute Gasteiger partial charge is 0.377 e. The lowest BCUT2D eigenvalue weighted by Crippen LogP contribution is -2.31. The fourth-order valence-corrected chi connectivity index (χ4v) is 3.17. The van der Waals surface area contributed by atoms with Gasteiger partial charge in [0.2, 0.25) is 0 Å². The molecular formula is C14H19BrN2O2. The van der Waals surface area contributed by atoms with Crippen molar-refractivity contribution in [3.63, 3.8) is 0 Å². The van der Waals surface area contributed by atoms with E-state index in [1.807, 2.05) is 6.07 Å². The highest BCUT2D eigenvalue weighted by atomic mass is 79.9. The number of hydrogen-bond acceptors (Lipinski definition) is 3. The van der Waals surface area contributed by atoms with Gasteiger partial charge in [0.15, 0.2) is 0 Å². The first-order valence-electron chi connectivity index (χ1n) is 6.58.